The van der Waals surface area contributed by atoms with Crippen LogP contribution in [0.2, 0.25) is 5.02 Å². The number of benzene rings is 1. The Hall–Kier alpha value is -2.27. The second-order valence-corrected chi connectivity index (χ2v) is 5.00. The molecule has 1 heterocycles. The second kappa shape index (κ2) is 8.39. The third-order valence-electron chi connectivity index (χ3n) is 2.93. The minimum absolute atomic E-state index is 0.291. The fourth-order valence-electron chi connectivity index (χ4n) is 1.94. The Morgan fingerprint density at radius 1 is 1.22 bits per heavy atom. The lowest BCUT2D eigenvalue weighted by Crippen LogP contribution is -2.07. The molecule has 0 amide bonds. The van der Waals surface area contributed by atoms with Crippen molar-refractivity contribution in [2.24, 2.45) is 0 Å². The average Bonchev–Trinajstić information content (AvgIpc) is 2.55. The quantitative estimate of drug-likeness (QED) is 0.718. The normalized spacial score (nSPS) is 10.2. The standard InChI is InChI=1S/C17H18ClNO4/c1-3-21-15-9-13(17(20)22-4-2)8-14(18)16(15)23-11-12-6-5-7-19-10-12/h5-10H,3-4,11H2,1-2H3. The molecule has 0 atom stereocenters. The van der Waals surface area contributed by atoms with Gasteiger partial charge in [0.1, 0.15) is 6.61 Å². The molecule has 0 bridgehead atoms. The topological polar surface area (TPSA) is 57.7 Å². The first-order valence-corrected chi connectivity index (χ1v) is 7.68. The first kappa shape index (κ1) is 17.1. The molecule has 1 aromatic carbocycles. The zero-order chi connectivity index (χ0) is 16.7. The van der Waals surface area contributed by atoms with Crippen molar-refractivity contribution in [2.75, 3.05) is 13.2 Å². The Labute approximate surface area is 140 Å². The van der Waals surface area contributed by atoms with E-state index in [1.807, 2.05) is 19.1 Å². The van der Waals surface area contributed by atoms with Gasteiger partial charge in [0, 0.05) is 18.0 Å². The number of halogens is 1. The summed E-state index contributed by atoms with van der Waals surface area (Å²) in [4.78, 5) is 15.9. The largest absolute Gasteiger partial charge is 0.490 e. The van der Waals surface area contributed by atoms with E-state index in [-0.39, 0.29) is 0 Å². The van der Waals surface area contributed by atoms with Crippen molar-refractivity contribution >= 4 is 17.6 Å². The minimum atomic E-state index is -0.450. The van der Waals surface area contributed by atoms with Crippen LogP contribution in [0.3, 0.4) is 0 Å². The first-order valence-electron chi connectivity index (χ1n) is 7.30. The molecule has 0 N–H and O–H groups in total. The summed E-state index contributed by atoms with van der Waals surface area (Å²) in [6.45, 7) is 4.60. The zero-order valence-electron chi connectivity index (χ0n) is 13.0. The first-order chi connectivity index (χ1) is 11.2. The molecule has 0 aliphatic rings. The minimum Gasteiger partial charge on any atom is -0.490 e. The van der Waals surface area contributed by atoms with E-state index >= 15 is 0 Å². The smallest absolute Gasteiger partial charge is 0.338 e. The highest BCUT2D eigenvalue weighted by molar-refractivity contribution is 6.32. The Balaban J connectivity index is 2.25. The van der Waals surface area contributed by atoms with Gasteiger partial charge in [0.2, 0.25) is 0 Å². The number of hydrogen-bond donors (Lipinski definition) is 0. The Morgan fingerprint density at radius 2 is 2.04 bits per heavy atom. The summed E-state index contributed by atoms with van der Waals surface area (Å²) < 4.78 is 16.3. The molecule has 2 rings (SSSR count). The molecule has 2 aromatic rings. The molecule has 0 aliphatic carbocycles. The molecule has 0 aliphatic heterocycles. The molecular formula is C17H18ClNO4. The Morgan fingerprint density at radius 3 is 2.70 bits per heavy atom. The average molecular weight is 336 g/mol. The van der Waals surface area contributed by atoms with Gasteiger partial charge in [-0.15, -0.1) is 0 Å². The Bertz CT molecular complexity index is 661. The number of aromatic nitrogens is 1. The highest BCUT2D eigenvalue weighted by Gasteiger charge is 2.17. The predicted octanol–water partition coefficient (Wildman–Crippen LogP) is 3.89. The van der Waals surface area contributed by atoms with Crippen molar-refractivity contribution in [3.63, 3.8) is 0 Å². The highest BCUT2D eigenvalue weighted by atomic mass is 35.5. The molecule has 23 heavy (non-hydrogen) atoms. The fourth-order valence-corrected chi connectivity index (χ4v) is 2.21. The summed E-state index contributed by atoms with van der Waals surface area (Å²) in [6.07, 6.45) is 3.40. The van der Waals surface area contributed by atoms with Crippen LogP contribution in [0.5, 0.6) is 11.5 Å². The molecule has 0 saturated heterocycles. The van der Waals surface area contributed by atoms with Gasteiger partial charge in [-0.3, -0.25) is 4.98 Å². The van der Waals surface area contributed by atoms with Crippen LogP contribution in [0, 0.1) is 0 Å². The lowest BCUT2D eigenvalue weighted by Gasteiger charge is -2.15. The van der Waals surface area contributed by atoms with E-state index in [0.29, 0.717) is 41.9 Å². The van der Waals surface area contributed by atoms with Crippen LogP contribution in [-0.4, -0.2) is 24.2 Å². The molecule has 6 heteroatoms. The van der Waals surface area contributed by atoms with Crippen LogP contribution in [0.1, 0.15) is 29.8 Å². The summed E-state index contributed by atoms with van der Waals surface area (Å²) in [7, 11) is 0. The van der Waals surface area contributed by atoms with Crippen LogP contribution in [0.15, 0.2) is 36.7 Å². The van der Waals surface area contributed by atoms with Crippen molar-refractivity contribution in [2.45, 2.75) is 20.5 Å². The molecule has 1 aromatic heterocycles. The van der Waals surface area contributed by atoms with Crippen molar-refractivity contribution in [3.8, 4) is 11.5 Å². The Kier molecular flexibility index (Phi) is 6.23. The number of rotatable bonds is 7. The van der Waals surface area contributed by atoms with E-state index in [1.54, 1.807) is 25.4 Å². The van der Waals surface area contributed by atoms with Crippen molar-refractivity contribution < 1.29 is 19.0 Å². The van der Waals surface area contributed by atoms with Gasteiger partial charge in [0.05, 0.1) is 23.8 Å². The predicted molar refractivity (Wildman–Crippen MR) is 87.1 cm³/mol. The highest BCUT2D eigenvalue weighted by Crippen LogP contribution is 2.37. The van der Waals surface area contributed by atoms with Crippen LogP contribution < -0.4 is 9.47 Å². The van der Waals surface area contributed by atoms with Gasteiger partial charge in [0.15, 0.2) is 11.5 Å². The van der Waals surface area contributed by atoms with Gasteiger partial charge in [-0.05, 0) is 32.0 Å². The number of carbonyl (C=O) groups excluding carboxylic acids is 1. The van der Waals surface area contributed by atoms with Crippen molar-refractivity contribution in [1.29, 1.82) is 0 Å². The maximum Gasteiger partial charge on any atom is 0.338 e. The number of nitrogens with zero attached hydrogens (tertiary/aromatic N) is 1. The molecule has 0 fully saturated rings. The monoisotopic (exact) mass is 335 g/mol. The zero-order valence-corrected chi connectivity index (χ0v) is 13.8. The maximum atomic E-state index is 11.9. The van der Waals surface area contributed by atoms with Gasteiger partial charge in [-0.2, -0.15) is 0 Å². The molecule has 5 nitrogen and oxygen atoms in total. The van der Waals surface area contributed by atoms with Crippen LogP contribution >= 0.6 is 11.6 Å². The third kappa shape index (κ3) is 4.60. The second-order valence-electron chi connectivity index (χ2n) is 4.59. The van der Waals surface area contributed by atoms with Crippen molar-refractivity contribution in [3.05, 3.63) is 52.8 Å². The summed E-state index contributed by atoms with van der Waals surface area (Å²) in [5.41, 5.74) is 1.23. The van der Waals surface area contributed by atoms with E-state index in [1.165, 1.54) is 6.07 Å². The van der Waals surface area contributed by atoms with E-state index in [0.717, 1.165) is 5.56 Å². The lowest BCUT2D eigenvalue weighted by atomic mass is 10.2. The van der Waals surface area contributed by atoms with Crippen LogP contribution in [0.4, 0.5) is 0 Å². The van der Waals surface area contributed by atoms with Gasteiger partial charge in [-0.25, -0.2) is 4.79 Å². The van der Waals surface area contributed by atoms with Gasteiger partial charge in [0.25, 0.3) is 0 Å². The molecule has 0 saturated carbocycles. The van der Waals surface area contributed by atoms with Crippen LogP contribution in [-0.2, 0) is 11.3 Å². The van der Waals surface area contributed by atoms with E-state index in [9.17, 15) is 4.79 Å². The van der Waals surface area contributed by atoms with E-state index in [2.05, 4.69) is 4.98 Å². The van der Waals surface area contributed by atoms with Gasteiger partial charge < -0.3 is 14.2 Å². The molecule has 122 valence electrons. The molecule has 0 radical (unpaired) electrons. The SMILES string of the molecule is CCOC(=O)c1cc(Cl)c(OCc2cccnc2)c(OCC)c1. The van der Waals surface area contributed by atoms with E-state index < -0.39 is 5.97 Å². The number of pyridine rings is 1. The fraction of sp³-hybridized carbons (Fsp3) is 0.294. The third-order valence-corrected chi connectivity index (χ3v) is 3.21. The molecule has 0 unspecified atom stereocenters. The molecule has 0 spiro atoms. The van der Waals surface area contributed by atoms with Gasteiger partial charge >= 0.3 is 5.97 Å². The summed E-state index contributed by atoms with van der Waals surface area (Å²) in [6, 6.07) is 6.81. The summed E-state index contributed by atoms with van der Waals surface area (Å²) in [5, 5.41) is 0.294. The lowest BCUT2D eigenvalue weighted by molar-refractivity contribution is 0.0525. The number of hydrogen-bond acceptors (Lipinski definition) is 5. The summed E-state index contributed by atoms with van der Waals surface area (Å²) >= 11 is 6.25. The van der Waals surface area contributed by atoms with E-state index in [4.69, 9.17) is 25.8 Å². The van der Waals surface area contributed by atoms with Crippen molar-refractivity contribution in [1.82, 2.24) is 4.98 Å². The number of ether oxygens (including phenoxy) is 3. The molecular weight excluding hydrogens is 318 g/mol. The maximum absolute atomic E-state index is 11.9. The summed E-state index contributed by atoms with van der Waals surface area (Å²) in [5.74, 6) is 0.353. The number of carbonyl (C=O) groups is 1. The van der Waals surface area contributed by atoms with Crippen LogP contribution in [0.25, 0.3) is 0 Å². The number of esters is 1. The van der Waals surface area contributed by atoms with Gasteiger partial charge in [-0.1, -0.05) is 17.7 Å².